The fourth-order valence-corrected chi connectivity index (χ4v) is 1.25. The van der Waals surface area contributed by atoms with E-state index in [1.165, 1.54) is 0 Å². The summed E-state index contributed by atoms with van der Waals surface area (Å²) < 4.78 is 1.68. The van der Waals surface area contributed by atoms with E-state index in [9.17, 15) is 5.11 Å². The Morgan fingerprint density at radius 1 is 1.54 bits per heavy atom. The Morgan fingerprint density at radius 3 is 3.15 bits per heavy atom. The highest BCUT2D eigenvalue weighted by Gasteiger charge is 2.09. The number of terminal acetylenes is 1. The van der Waals surface area contributed by atoms with Gasteiger partial charge in [0.1, 0.15) is 6.10 Å². The highest BCUT2D eigenvalue weighted by Crippen LogP contribution is 2.17. The molecular formula is C10H8N2O. The molecule has 0 aliphatic carbocycles. The molecule has 0 radical (unpaired) electrons. The molecule has 2 aromatic heterocycles. The van der Waals surface area contributed by atoms with Gasteiger partial charge >= 0.3 is 0 Å². The topological polar surface area (TPSA) is 37.5 Å². The van der Waals surface area contributed by atoms with Gasteiger partial charge < -0.3 is 5.11 Å². The van der Waals surface area contributed by atoms with Gasteiger partial charge in [0.25, 0.3) is 0 Å². The first-order valence-electron chi connectivity index (χ1n) is 3.89. The maximum Gasteiger partial charge on any atom is 0.143 e. The fourth-order valence-electron chi connectivity index (χ4n) is 1.25. The van der Waals surface area contributed by atoms with Gasteiger partial charge in [-0.2, -0.15) is 5.10 Å². The minimum Gasteiger partial charge on any atom is -0.376 e. The van der Waals surface area contributed by atoms with E-state index in [1.807, 2.05) is 24.4 Å². The molecule has 0 fully saturated rings. The van der Waals surface area contributed by atoms with E-state index in [1.54, 1.807) is 10.7 Å². The Labute approximate surface area is 75.6 Å². The first-order chi connectivity index (χ1) is 6.33. The summed E-state index contributed by atoms with van der Waals surface area (Å²) in [5, 5.41) is 13.5. The molecule has 0 bridgehead atoms. The van der Waals surface area contributed by atoms with Crippen molar-refractivity contribution in [2.24, 2.45) is 0 Å². The van der Waals surface area contributed by atoms with Crippen LogP contribution in [0.1, 0.15) is 11.7 Å². The van der Waals surface area contributed by atoms with Gasteiger partial charge in [0.05, 0.1) is 11.7 Å². The van der Waals surface area contributed by atoms with Crippen LogP contribution in [0.2, 0.25) is 0 Å². The summed E-state index contributed by atoms with van der Waals surface area (Å²) in [6.07, 6.45) is 7.63. The first-order valence-corrected chi connectivity index (χ1v) is 3.89. The lowest BCUT2D eigenvalue weighted by molar-refractivity contribution is 0.240. The van der Waals surface area contributed by atoms with Gasteiger partial charge in [-0.25, -0.2) is 4.52 Å². The number of aliphatic hydroxyl groups excluding tert-OH is 1. The van der Waals surface area contributed by atoms with E-state index in [0.717, 1.165) is 5.52 Å². The Bertz CT molecular complexity index is 467. The molecule has 64 valence electrons. The summed E-state index contributed by atoms with van der Waals surface area (Å²) in [7, 11) is 0. The van der Waals surface area contributed by atoms with E-state index in [2.05, 4.69) is 11.0 Å². The van der Waals surface area contributed by atoms with Crippen LogP contribution in [0.25, 0.3) is 5.52 Å². The molecule has 1 N–H and O–H groups in total. The average molecular weight is 172 g/mol. The number of rotatable bonds is 1. The number of nitrogens with zero attached hydrogens (tertiary/aromatic N) is 2. The van der Waals surface area contributed by atoms with Gasteiger partial charge in [0.2, 0.25) is 0 Å². The van der Waals surface area contributed by atoms with Gasteiger partial charge in [-0.15, -0.1) is 6.42 Å². The zero-order valence-corrected chi connectivity index (χ0v) is 6.88. The lowest BCUT2D eigenvalue weighted by Gasteiger charge is -1.99. The van der Waals surface area contributed by atoms with Gasteiger partial charge in [-0.1, -0.05) is 12.0 Å². The Kier molecular flexibility index (Phi) is 1.76. The Balaban J connectivity index is 2.66. The highest BCUT2D eigenvalue weighted by molar-refractivity contribution is 5.55. The Morgan fingerprint density at radius 2 is 2.38 bits per heavy atom. The van der Waals surface area contributed by atoms with Gasteiger partial charge in [0, 0.05) is 11.8 Å². The Hall–Kier alpha value is -1.79. The summed E-state index contributed by atoms with van der Waals surface area (Å²) in [5.41, 5.74) is 1.51. The third-order valence-electron chi connectivity index (χ3n) is 1.91. The van der Waals surface area contributed by atoms with Crippen LogP contribution in [0.5, 0.6) is 0 Å². The number of aliphatic hydroxyl groups is 1. The van der Waals surface area contributed by atoms with Crippen LogP contribution in [0.15, 0.2) is 30.6 Å². The smallest absolute Gasteiger partial charge is 0.143 e. The zero-order valence-electron chi connectivity index (χ0n) is 6.88. The van der Waals surface area contributed by atoms with Gasteiger partial charge in [0.15, 0.2) is 0 Å². The molecule has 1 unspecified atom stereocenters. The van der Waals surface area contributed by atoms with Crippen molar-refractivity contribution in [3.05, 3.63) is 36.2 Å². The molecular weight excluding hydrogens is 164 g/mol. The molecule has 13 heavy (non-hydrogen) atoms. The van der Waals surface area contributed by atoms with E-state index in [0.29, 0.717) is 5.56 Å². The van der Waals surface area contributed by atoms with E-state index in [4.69, 9.17) is 6.42 Å². The SMILES string of the molecule is C#CC(O)c1cnn2ccccc12. The summed E-state index contributed by atoms with van der Waals surface area (Å²) in [6, 6.07) is 5.61. The molecule has 0 saturated carbocycles. The summed E-state index contributed by atoms with van der Waals surface area (Å²) in [6.45, 7) is 0. The first kappa shape index (κ1) is 7.84. The minimum atomic E-state index is -0.875. The number of aromatic nitrogens is 2. The molecule has 0 aliphatic rings. The van der Waals surface area contributed by atoms with Crippen molar-refractivity contribution in [3.8, 4) is 12.3 Å². The van der Waals surface area contributed by atoms with Crippen LogP contribution in [0.3, 0.4) is 0 Å². The van der Waals surface area contributed by atoms with Crippen LogP contribution in [-0.4, -0.2) is 14.7 Å². The predicted molar refractivity (Wildman–Crippen MR) is 49.0 cm³/mol. The van der Waals surface area contributed by atoms with Crippen LogP contribution >= 0.6 is 0 Å². The number of fused-ring (bicyclic) bond motifs is 1. The zero-order chi connectivity index (χ0) is 9.26. The monoisotopic (exact) mass is 172 g/mol. The van der Waals surface area contributed by atoms with Crippen LogP contribution in [0, 0.1) is 12.3 Å². The fraction of sp³-hybridized carbons (Fsp3) is 0.100. The lowest BCUT2D eigenvalue weighted by Crippen LogP contribution is -1.92. The van der Waals surface area contributed by atoms with Crippen LogP contribution in [0.4, 0.5) is 0 Å². The van der Waals surface area contributed by atoms with Crippen molar-refractivity contribution in [3.63, 3.8) is 0 Å². The molecule has 1 atom stereocenters. The minimum absolute atomic E-state index is 0.670. The van der Waals surface area contributed by atoms with Gasteiger partial charge in [-0.3, -0.25) is 0 Å². The lowest BCUT2D eigenvalue weighted by atomic mass is 10.2. The van der Waals surface area contributed by atoms with Crippen LogP contribution < -0.4 is 0 Å². The third-order valence-corrected chi connectivity index (χ3v) is 1.91. The van der Waals surface area contributed by atoms with E-state index in [-0.39, 0.29) is 0 Å². The van der Waals surface area contributed by atoms with Crippen molar-refractivity contribution in [2.45, 2.75) is 6.10 Å². The summed E-state index contributed by atoms with van der Waals surface area (Å²) in [5.74, 6) is 2.26. The van der Waals surface area contributed by atoms with Crippen LogP contribution in [-0.2, 0) is 0 Å². The third kappa shape index (κ3) is 1.17. The second-order valence-electron chi connectivity index (χ2n) is 2.70. The number of pyridine rings is 1. The summed E-state index contributed by atoms with van der Waals surface area (Å²) >= 11 is 0. The molecule has 2 aromatic rings. The van der Waals surface area contributed by atoms with Crippen molar-refractivity contribution >= 4 is 5.52 Å². The normalized spacial score (nSPS) is 12.6. The van der Waals surface area contributed by atoms with E-state index < -0.39 is 6.10 Å². The maximum atomic E-state index is 9.43. The van der Waals surface area contributed by atoms with Crippen molar-refractivity contribution in [1.82, 2.24) is 9.61 Å². The molecule has 3 heteroatoms. The van der Waals surface area contributed by atoms with Gasteiger partial charge in [-0.05, 0) is 12.1 Å². The standard InChI is InChI=1S/C10H8N2O/c1-2-10(13)8-7-11-12-6-4-3-5-9(8)12/h1,3-7,10,13H. The molecule has 0 aliphatic heterocycles. The molecule has 2 rings (SSSR count). The largest absolute Gasteiger partial charge is 0.376 e. The highest BCUT2D eigenvalue weighted by atomic mass is 16.3. The van der Waals surface area contributed by atoms with Crippen molar-refractivity contribution in [2.75, 3.05) is 0 Å². The molecule has 2 heterocycles. The van der Waals surface area contributed by atoms with Crippen molar-refractivity contribution in [1.29, 1.82) is 0 Å². The quantitative estimate of drug-likeness (QED) is 0.651. The second-order valence-corrected chi connectivity index (χ2v) is 2.70. The number of hydrogen-bond acceptors (Lipinski definition) is 2. The number of hydrogen-bond donors (Lipinski definition) is 1. The van der Waals surface area contributed by atoms with Crippen molar-refractivity contribution < 1.29 is 5.11 Å². The summed E-state index contributed by atoms with van der Waals surface area (Å²) in [4.78, 5) is 0. The maximum absolute atomic E-state index is 9.43. The molecule has 0 aromatic carbocycles. The van der Waals surface area contributed by atoms with E-state index >= 15 is 0 Å². The molecule has 0 spiro atoms. The average Bonchev–Trinajstić information content (AvgIpc) is 2.60. The molecule has 0 saturated heterocycles. The predicted octanol–water partition coefficient (Wildman–Crippen LogP) is 1.00. The molecule has 0 amide bonds. The molecule has 3 nitrogen and oxygen atoms in total. The second kappa shape index (κ2) is 2.92.